The van der Waals surface area contributed by atoms with E-state index < -0.39 is 11.9 Å². The molecule has 3 rings (SSSR count). The molecule has 144 valence electrons. The highest BCUT2D eigenvalue weighted by Gasteiger charge is 2.24. The smallest absolute Gasteiger partial charge is 0.358 e. The molecule has 2 aromatic rings. The van der Waals surface area contributed by atoms with E-state index in [1.54, 1.807) is 27.0 Å². The lowest BCUT2D eigenvalue weighted by molar-refractivity contribution is 0.0589. The van der Waals surface area contributed by atoms with E-state index in [4.69, 9.17) is 9.47 Å². The minimum absolute atomic E-state index is 0.169. The van der Waals surface area contributed by atoms with E-state index in [0.29, 0.717) is 49.3 Å². The van der Waals surface area contributed by atoms with Gasteiger partial charge in [0.2, 0.25) is 5.95 Å². The normalized spacial score (nSPS) is 14.1. The summed E-state index contributed by atoms with van der Waals surface area (Å²) in [7, 11) is 2.89. The van der Waals surface area contributed by atoms with Crippen molar-refractivity contribution in [1.82, 2.24) is 19.7 Å². The van der Waals surface area contributed by atoms with Crippen LogP contribution in [-0.4, -0.2) is 65.0 Å². The van der Waals surface area contributed by atoms with Crippen LogP contribution in [0.25, 0.3) is 0 Å². The first kappa shape index (κ1) is 18.8. The van der Waals surface area contributed by atoms with Crippen LogP contribution in [0, 0.1) is 13.8 Å². The van der Waals surface area contributed by atoms with Gasteiger partial charge >= 0.3 is 5.97 Å². The minimum Gasteiger partial charge on any atom is -0.464 e. The summed E-state index contributed by atoms with van der Waals surface area (Å²) in [6.07, 6.45) is 0. The molecule has 0 unspecified atom stereocenters. The second kappa shape index (κ2) is 7.70. The number of esters is 1. The zero-order valence-corrected chi connectivity index (χ0v) is 15.8. The first-order valence-electron chi connectivity index (χ1n) is 8.52. The number of nitrogens with one attached hydrogen (secondary N) is 1. The Kier molecular flexibility index (Phi) is 5.36. The molecule has 0 aliphatic carbocycles. The largest absolute Gasteiger partial charge is 0.464 e. The maximum atomic E-state index is 12.8. The molecule has 1 aliphatic rings. The Balaban J connectivity index is 1.89. The molecular formula is C17H22N6O4. The summed E-state index contributed by atoms with van der Waals surface area (Å²) >= 11 is 0. The lowest BCUT2D eigenvalue weighted by atomic mass is 10.2. The molecule has 0 bridgehead atoms. The first-order valence-corrected chi connectivity index (χ1v) is 8.52. The zero-order valence-electron chi connectivity index (χ0n) is 15.8. The summed E-state index contributed by atoms with van der Waals surface area (Å²) in [5.74, 6) is -0.544. The van der Waals surface area contributed by atoms with Gasteiger partial charge in [0.1, 0.15) is 5.69 Å². The molecule has 1 N–H and O–H groups in total. The Labute approximate surface area is 156 Å². The number of rotatable bonds is 4. The number of methoxy groups -OCH3 is 1. The van der Waals surface area contributed by atoms with Crippen LogP contribution >= 0.6 is 0 Å². The van der Waals surface area contributed by atoms with Gasteiger partial charge in [-0.15, -0.1) is 0 Å². The standard InChI is InChI=1S/C17H22N6O4/c1-10-9-12(19-17(18-10)23-5-7-27-8-6-23)15(24)20-13-11(2)21-22(3)14(13)16(25)26-4/h9H,5-8H2,1-4H3,(H,20,24). The Morgan fingerprint density at radius 3 is 2.59 bits per heavy atom. The predicted molar refractivity (Wildman–Crippen MR) is 97.0 cm³/mol. The first-order chi connectivity index (χ1) is 12.9. The molecule has 1 amide bonds. The number of ether oxygens (including phenoxy) is 2. The molecule has 0 saturated carbocycles. The quantitative estimate of drug-likeness (QED) is 0.779. The molecule has 2 aromatic heterocycles. The van der Waals surface area contributed by atoms with Gasteiger partial charge in [-0.2, -0.15) is 5.10 Å². The average molecular weight is 374 g/mol. The third-order valence-electron chi connectivity index (χ3n) is 4.21. The fourth-order valence-electron chi connectivity index (χ4n) is 2.89. The molecule has 1 aliphatic heterocycles. The number of hydrogen-bond acceptors (Lipinski definition) is 8. The lowest BCUT2D eigenvalue weighted by Crippen LogP contribution is -2.37. The maximum Gasteiger partial charge on any atom is 0.358 e. The topological polar surface area (TPSA) is 111 Å². The molecule has 10 heteroatoms. The maximum absolute atomic E-state index is 12.8. The van der Waals surface area contributed by atoms with Gasteiger partial charge in [-0.05, 0) is 19.9 Å². The second-order valence-corrected chi connectivity index (χ2v) is 6.17. The molecule has 0 atom stereocenters. The summed E-state index contributed by atoms with van der Waals surface area (Å²) in [5, 5.41) is 6.91. The van der Waals surface area contributed by atoms with Crippen molar-refractivity contribution < 1.29 is 19.1 Å². The number of carbonyl (C=O) groups is 2. The van der Waals surface area contributed by atoms with Gasteiger partial charge in [-0.1, -0.05) is 0 Å². The monoisotopic (exact) mass is 374 g/mol. The number of morpholine rings is 1. The Hall–Kier alpha value is -3.01. The van der Waals surface area contributed by atoms with Crippen molar-refractivity contribution in [2.45, 2.75) is 13.8 Å². The van der Waals surface area contributed by atoms with Crippen LogP contribution in [0.5, 0.6) is 0 Å². The molecule has 3 heterocycles. The highest BCUT2D eigenvalue weighted by atomic mass is 16.5. The highest BCUT2D eigenvalue weighted by Crippen LogP contribution is 2.22. The summed E-state index contributed by atoms with van der Waals surface area (Å²) in [6, 6.07) is 1.60. The van der Waals surface area contributed by atoms with Crippen LogP contribution in [0.4, 0.5) is 11.6 Å². The van der Waals surface area contributed by atoms with Crippen molar-refractivity contribution in [1.29, 1.82) is 0 Å². The van der Waals surface area contributed by atoms with Crippen molar-refractivity contribution in [3.05, 3.63) is 28.8 Å². The second-order valence-electron chi connectivity index (χ2n) is 6.17. The predicted octanol–water partition coefficient (Wildman–Crippen LogP) is 0.702. The van der Waals surface area contributed by atoms with Crippen molar-refractivity contribution in [3.8, 4) is 0 Å². The third kappa shape index (κ3) is 3.90. The number of aryl methyl sites for hydroxylation is 3. The van der Waals surface area contributed by atoms with Crippen molar-refractivity contribution >= 4 is 23.5 Å². The van der Waals surface area contributed by atoms with Gasteiger partial charge < -0.3 is 19.7 Å². The van der Waals surface area contributed by atoms with Crippen molar-refractivity contribution in [3.63, 3.8) is 0 Å². The molecule has 1 saturated heterocycles. The summed E-state index contributed by atoms with van der Waals surface area (Å²) < 4.78 is 11.5. The van der Waals surface area contributed by atoms with Gasteiger partial charge in [0.15, 0.2) is 5.69 Å². The third-order valence-corrected chi connectivity index (χ3v) is 4.21. The number of aromatic nitrogens is 4. The minimum atomic E-state index is -0.582. The molecule has 1 fully saturated rings. The van der Waals surface area contributed by atoms with Crippen LogP contribution < -0.4 is 10.2 Å². The van der Waals surface area contributed by atoms with Gasteiger partial charge in [-0.3, -0.25) is 9.48 Å². The number of nitrogens with zero attached hydrogens (tertiary/aromatic N) is 5. The molecular weight excluding hydrogens is 352 g/mol. The van der Waals surface area contributed by atoms with E-state index in [1.165, 1.54) is 11.8 Å². The van der Waals surface area contributed by atoms with Crippen LogP contribution in [0.15, 0.2) is 6.07 Å². The average Bonchev–Trinajstić information content (AvgIpc) is 2.94. The Bertz CT molecular complexity index is 873. The van der Waals surface area contributed by atoms with Crippen molar-refractivity contribution in [2.75, 3.05) is 43.6 Å². The molecule has 0 aromatic carbocycles. The van der Waals surface area contributed by atoms with E-state index in [1.807, 2.05) is 4.90 Å². The van der Waals surface area contributed by atoms with E-state index in [2.05, 4.69) is 20.4 Å². The molecule has 0 spiro atoms. The number of hydrogen-bond donors (Lipinski definition) is 1. The van der Waals surface area contributed by atoms with E-state index in [-0.39, 0.29) is 11.4 Å². The molecule has 10 nitrogen and oxygen atoms in total. The Morgan fingerprint density at radius 2 is 1.93 bits per heavy atom. The van der Waals surface area contributed by atoms with Crippen molar-refractivity contribution in [2.24, 2.45) is 7.05 Å². The number of carbonyl (C=O) groups excluding carboxylic acids is 2. The summed E-state index contributed by atoms with van der Waals surface area (Å²) in [6.45, 7) is 6.02. The number of amides is 1. The number of anilines is 2. The SMILES string of the molecule is COC(=O)c1c(NC(=O)c2cc(C)nc(N3CCOCC3)n2)c(C)nn1C. The van der Waals surface area contributed by atoms with Gasteiger partial charge in [0.05, 0.1) is 31.7 Å². The molecule has 27 heavy (non-hydrogen) atoms. The van der Waals surface area contributed by atoms with E-state index >= 15 is 0 Å². The fraction of sp³-hybridized carbons (Fsp3) is 0.471. The summed E-state index contributed by atoms with van der Waals surface area (Å²) in [5.41, 5.74) is 1.86. The van der Waals surface area contributed by atoms with Crippen LogP contribution in [-0.2, 0) is 16.5 Å². The fourth-order valence-corrected chi connectivity index (χ4v) is 2.89. The van der Waals surface area contributed by atoms with Gasteiger partial charge in [-0.25, -0.2) is 14.8 Å². The zero-order chi connectivity index (χ0) is 19.6. The van der Waals surface area contributed by atoms with E-state index in [0.717, 1.165) is 0 Å². The lowest BCUT2D eigenvalue weighted by Gasteiger charge is -2.27. The van der Waals surface area contributed by atoms with Crippen LogP contribution in [0.3, 0.4) is 0 Å². The Morgan fingerprint density at radius 1 is 1.22 bits per heavy atom. The van der Waals surface area contributed by atoms with Crippen LogP contribution in [0.1, 0.15) is 32.4 Å². The van der Waals surface area contributed by atoms with Gasteiger partial charge in [0.25, 0.3) is 5.91 Å². The van der Waals surface area contributed by atoms with Gasteiger partial charge in [0, 0.05) is 25.8 Å². The van der Waals surface area contributed by atoms with Crippen LogP contribution in [0.2, 0.25) is 0 Å². The highest BCUT2D eigenvalue weighted by molar-refractivity contribution is 6.07. The molecule has 0 radical (unpaired) electrons. The summed E-state index contributed by atoms with van der Waals surface area (Å²) in [4.78, 5) is 35.6. The van der Waals surface area contributed by atoms with E-state index in [9.17, 15) is 9.59 Å².